The van der Waals surface area contributed by atoms with Crippen LogP contribution >= 0.6 is 0 Å². The van der Waals surface area contributed by atoms with Crippen LogP contribution in [-0.4, -0.2) is 79.2 Å². The van der Waals surface area contributed by atoms with E-state index >= 15 is 0 Å². The molecule has 1 aromatic heterocycles. The fraction of sp³-hybridized carbons (Fsp3) is 0.588. The first-order valence-corrected chi connectivity index (χ1v) is 18.1. The Morgan fingerprint density at radius 3 is 2.51 bits per heavy atom. The first-order chi connectivity index (χ1) is 20.9. The lowest BCUT2D eigenvalue weighted by Crippen LogP contribution is -2.45. The van der Waals surface area contributed by atoms with Gasteiger partial charge in [-0.3, -0.25) is 4.90 Å². The van der Waals surface area contributed by atoms with Gasteiger partial charge in [-0.15, -0.1) is 0 Å². The smallest absolute Gasteiger partial charge is 0.318 e. The van der Waals surface area contributed by atoms with E-state index in [1.165, 1.54) is 47.7 Å². The van der Waals surface area contributed by atoms with Gasteiger partial charge in [0.15, 0.2) is 9.84 Å². The summed E-state index contributed by atoms with van der Waals surface area (Å²) in [5.74, 6) is 1.06. The highest BCUT2D eigenvalue weighted by molar-refractivity contribution is 7.92. The molecule has 8 nitrogen and oxygen atoms in total. The quantitative estimate of drug-likeness (QED) is 0.349. The number of hydrogen-bond donors (Lipinski definition) is 0. The number of anilines is 2. The van der Waals surface area contributed by atoms with Crippen LogP contribution in [0.15, 0.2) is 36.4 Å². The molecular formula is C34H45N5O3S. The Morgan fingerprint density at radius 2 is 1.74 bits per heavy atom. The van der Waals surface area contributed by atoms with Gasteiger partial charge in [0.25, 0.3) is 0 Å². The maximum absolute atomic E-state index is 12.9. The van der Waals surface area contributed by atoms with Crippen molar-refractivity contribution >= 4 is 32.1 Å². The van der Waals surface area contributed by atoms with Crippen molar-refractivity contribution in [3.05, 3.63) is 53.2 Å². The summed E-state index contributed by atoms with van der Waals surface area (Å²) in [6, 6.07) is 13.6. The van der Waals surface area contributed by atoms with Crippen molar-refractivity contribution in [3.8, 4) is 6.01 Å². The Hall–Kier alpha value is -2.91. The third kappa shape index (κ3) is 5.26. The van der Waals surface area contributed by atoms with Gasteiger partial charge in [0.2, 0.25) is 0 Å². The van der Waals surface area contributed by atoms with Crippen LogP contribution in [0.1, 0.15) is 69.2 Å². The van der Waals surface area contributed by atoms with Crippen LogP contribution in [0.3, 0.4) is 0 Å². The Bertz CT molecular complexity index is 1590. The van der Waals surface area contributed by atoms with E-state index in [4.69, 9.17) is 14.7 Å². The molecule has 43 heavy (non-hydrogen) atoms. The van der Waals surface area contributed by atoms with Crippen molar-refractivity contribution in [2.75, 3.05) is 54.9 Å². The number of benzene rings is 2. The molecule has 0 bridgehead atoms. The summed E-state index contributed by atoms with van der Waals surface area (Å²) in [6.07, 6.45) is 8.15. The molecule has 2 aromatic carbocycles. The van der Waals surface area contributed by atoms with E-state index in [0.29, 0.717) is 25.7 Å². The van der Waals surface area contributed by atoms with Crippen molar-refractivity contribution in [1.29, 1.82) is 0 Å². The van der Waals surface area contributed by atoms with Gasteiger partial charge in [0.05, 0.1) is 23.0 Å². The predicted octanol–water partition coefficient (Wildman–Crippen LogP) is 5.17. The molecule has 5 heterocycles. The topological polar surface area (TPSA) is 78.9 Å². The molecule has 3 fully saturated rings. The summed E-state index contributed by atoms with van der Waals surface area (Å²) in [5, 5.41) is 2.24. The van der Waals surface area contributed by atoms with Crippen molar-refractivity contribution in [1.82, 2.24) is 14.9 Å². The van der Waals surface area contributed by atoms with Crippen molar-refractivity contribution in [2.24, 2.45) is 0 Å². The van der Waals surface area contributed by atoms with Crippen molar-refractivity contribution in [2.45, 2.75) is 82.5 Å². The molecule has 0 amide bonds. The van der Waals surface area contributed by atoms with Crippen molar-refractivity contribution < 1.29 is 13.2 Å². The normalized spacial score (nSPS) is 22.1. The molecule has 1 atom stereocenters. The minimum atomic E-state index is -3.13. The molecule has 9 heteroatoms. The van der Waals surface area contributed by atoms with E-state index < -0.39 is 9.84 Å². The number of aryl methyl sites for hydroxylation is 1. The number of aromatic nitrogens is 2. The van der Waals surface area contributed by atoms with E-state index in [0.717, 1.165) is 68.9 Å². The Morgan fingerprint density at radius 1 is 0.953 bits per heavy atom. The zero-order chi connectivity index (χ0) is 29.6. The number of piperidine rings is 1. The molecule has 0 aliphatic carbocycles. The SMILES string of the molecule is CCc1cccc2cccc(N3CCc4c(nc(OCC56CCCN5CCC6)nc4N4CCCC(S(=O)(=O)CC)C4)C3)c12. The average molecular weight is 604 g/mol. The molecular weight excluding hydrogens is 558 g/mol. The number of hydrogen-bond acceptors (Lipinski definition) is 8. The number of nitrogens with zero attached hydrogens (tertiary/aromatic N) is 5. The van der Waals surface area contributed by atoms with Gasteiger partial charge in [-0.2, -0.15) is 9.97 Å². The average Bonchev–Trinajstić information content (AvgIpc) is 3.63. The highest BCUT2D eigenvalue weighted by Gasteiger charge is 2.45. The monoisotopic (exact) mass is 603 g/mol. The summed E-state index contributed by atoms with van der Waals surface area (Å²) in [4.78, 5) is 17.4. The maximum atomic E-state index is 12.9. The first kappa shape index (κ1) is 28.8. The van der Waals surface area contributed by atoms with Gasteiger partial charge in [0.1, 0.15) is 12.4 Å². The van der Waals surface area contributed by atoms with Crippen LogP contribution < -0.4 is 14.5 Å². The third-order valence-electron chi connectivity index (χ3n) is 10.6. The molecule has 7 rings (SSSR count). The summed E-state index contributed by atoms with van der Waals surface area (Å²) in [7, 11) is -3.13. The zero-order valence-corrected chi connectivity index (χ0v) is 26.5. The lowest BCUT2D eigenvalue weighted by Gasteiger charge is -2.37. The van der Waals surface area contributed by atoms with E-state index in [2.05, 4.69) is 58.0 Å². The van der Waals surface area contributed by atoms with Crippen LogP contribution in [0.5, 0.6) is 6.01 Å². The molecule has 3 aromatic rings. The minimum Gasteiger partial charge on any atom is -0.461 e. The second kappa shape index (κ2) is 11.5. The van der Waals surface area contributed by atoms with Crippen LogP contribution in [0, 0.1) is 0 Å². The first-order valence-electron chi connectivity index (χ1n) is 16.4. The fourth-order valence-electron chi connectivity index (χ4n) is 8.20. The van der Waals surface area contributed by atoms with E-state index in [9.17, 15) is 8.42 Å². The molecule has 3 saturated heterocycles. The van der Waals surface area contributed by atoms with Gasteiger partial charge in [-0.1, -0.05) is 44.2 Å². The van der Waals surface area contributed by atoms with Crippen LogP contribution in [0.2, 0.25) is 0 Å². The molecule has 0 radical (unpaired) electrons. The molecule has 1 unspecified atom stereocenters. The highest BCUT2D eigenvalue weighted by atomic mass is 32.2. The summed E-state index contributed by atoms with van der Waals surface area (Å²) in [6.45, 7) is 9.75. The largest absolute Gasteiger partial charge is 0.461 e. The molecule has 4 aliphatic heterocycles. The maximum Gasteiger partial charge on any atom is 0.318 e. The highest BCUT2D eigenvalue weighted by Crippen LogP contribution is 2.40. The van der Waals surface area contributed by atoms with Crippen molar-refractivity contribution in [3.63, 3.8) is 0 Å². The van der Waals surface area contributed by atoms with Crippen LogP contribution in [-0.2, 0) is 29.2 Å². The second-order valence-electron chi connectivity index (χ2n) is 12.9. The molecule has 0 saturated carbocycles. The summed E-state index contributed by atoms with van der Waals surface area (Å²) < 4.78 is 32.3. The van der Waals surface area contributed by atoms with E-state index in [1.807, 2.05) is 0 Å². The molecule has 4 aliphatic rings. The zero-order valence-electron chi connectivity index (χ0n) is 25.7. The lowest BCUT2D eigenvalue weighted by atomic mass is 9.95. The number of sulfone groups is 1. The van der Waals surface area contributed by atoms with Gasteiger partial charge < -0.3 is 14.5 Å². The summed E-state index contributed by atoms with van der Waals surface area (Å²) in [5.41, 5.74) is 4.87. The second-order valence-corrected chi connectivity index (χ2v) is 15.5. The number of ether oxygens (including phenoxy) is 1. The minimum absolute atomic E-state index is 0.108. The van der Waals surface area contributed by atoms with Crippen LogP contribution in [0.4, 0.5) is 11.5 Å². The molecule has 230 valence electrons. The lowest BCUT2D eigenvalue weighted by molar-refractivity contribution is 0.107. The van der Waals surface area contributed by atoms with E-state index in [-0.39, 0.29) is 16.5 Å². The van der Waals surface area contributed by atoms with E-state index in [1.54, 1.807) is 6.92 Å². The Kier molecular flexibility index (Phi) is 7.74. The van der Waals surface area contributed by atoms with Gasteiger partial charge >= 0.3 is 6.01 Å². The number of fused-ring (bicyclic) bond motifs is 3. The van der Waals surface area contributed by atoms with Gasteiger partial charge in [-0.05, 0) is 81.5 Å². The Balaban J connectivity index is 1.24. The molecule has 0 spiro atoms. The number of rotatable bonds is 8. The predicted molar refractivity (Wildman–Crippen MR) is 173 cm³/mol. The Labute approximate surface area is 256 Å². The van der Waals surface area contributed by atoms with Crippen LogP contribution in [0.25, 0.3) is 10.8 Å². The fourth-order valence-corrected chi connectivity index (χ4v) is 9.60. The third-order valence-corrected chi connectivity index (χ3v) is 12.8. The standard InChI is InChI=1S/C34H45N5O3S/c1-3-25-10-5-11-26-12-6-14-30(31(25)26)37-21-15-28-29(23-37)35-33(42-24-34-16-8-19-39(34)20-9-17-34)36-32(28)38-18-7-13-27(22-38)43(40,41)4-2/h5-6,10-12,14,27H,3-4,7-9,13,15-24H2,1-2H3. The molecule has 0 N–H and O–H groups in total. The van der Waals surface area contributed by atoms with Gasteiger partial charge in [-0.25, -0.2) is 8.42 Å². The van der Waals surface area contributed by atoms with Gasteiger partial charge in [0, 0.05) is 42.0 Å². The summed E-state index contributed by atoms with van der Waals surface area (Å²) >= 11 is 0.